The molecular formula is C56H70Br2N8S4. The monoisotopic (exact) mass is 1140 g/mol. The van der Waals surface area contributed by atoms with Crippen LogP contribution in [0.4, 0.5) is 11.4 Å². The van der Waals surface area contributed by atoms with Gasteiger partial charge in [-0.05, 0) is 75.6 Å². The van der Waals surface area contributed by atoms with Gasteiger partial charge in [0.1, 0.15) is 22.1 Å². The predicted molar refractivity (Wildman–Crippen MR) is 307 cm³/mol. The van der Waals surface area contributed by atoms with Crippen molar-refractivity contribution in [3.05, 3.63) is 76.9 Å². The highest BCUT2D eigenvalue weighted by molar-refractivity contribution is 9.11. The number of hydrogen-bond donors (Lipinski definition) is 0. The predicted octanol–water partition coefficient (Wildman–Crippen LogP) is 21.3. The fourth-order valence-electron chi connectivity index (χ4n) is 9.14. The summed E-state index contributed by atoms with van der Waals surface area (Å²) in [5, 5.41) is 23.9. The molecule has 372 valence electrons. The van der Waals surface area contributed by atoms with E-state index in [4.69, 9.17) is 27.2 Å². The van der Waals surface area contributed by atoms with Crippen LogP contribution in [0.3, 0.4) is 0 Å². The summed E-state index contributed by atoms with van der Waals surface area (Å²) in [4.78, 5) is 9.35. The Bertz CT molecular complexity index is 2490. The van der Waals surface area contributed by atoms with Gasteiger partial charge in [0.2, 0.25) is 11.4 Å². The molecule has 8 nitrogen and oxygen atoms in total. The number of fused-ring (bicyclic) bond motifs is 2. The molecule has 0 saturated carbocycles. The molecule has 6 aromatic rings. The molecule has 0 N–H and O–H groups in total. The standard InChI is InChI=1S/C48H70N4S3.C8Br2N4S/c1-4-6-8-10-12-14-16-18-20-22-24-26-28-30-32-39-34-42(53-37-39)44-41(36-49)46(50-3)45(48-47(44)51-55-52-48)43-35-40(38-54-43)33-31-29-27-25-23-21-19-17-15-13-11-9-7-5-2;1-12-6-3(2-11)4(9)7-8(5(6)10)14-15-13-7/h34-35,37-38H,4-33H2,1-2H3;. The molecule has 0 radical (unpaired) electrons. The Balaban J connectivity index is 0.000000513. The molecule has 0 aliphatic carbocycles. The van der Waals surface area contributed by atoms with Crippen molar-refractivity contribution in [2.24, 2.45) is 0 Å². The zero-order valence-electron chi connectivity index (χ0n) is 41.5. The van der Waals surface area contributed by atoms with E-state index in [2.05, 4.69) is 93.1 Å². The van der Waals surface area contributed by atoms with Gasteiger partial charge in [0, 0.05) is 20.9 Å². The highest BCUT2D eigenvalue weighted by Crippen LogP contribution is 2.48. The summed E-state index contributed by atoms with van der Waals surface area (Å²) in [6.07, 6.45) is 40.4. The van der Waals surface area contributed by atoms with Gasteiger partial charge in [-0.15, -0.1) is 22.7 Å². The lowest BCUT2D eigenvalue weighted by Gasteiger charge is -2.10. The number of nitriles is 2. The number of hydrogen-bond acceptors (Lipinski definition) is 10. The van der Waals surface area contributed by atoms with Crippen LogP contribution in [0.1, 0.15) is 216 Å². The molecule has 0 aliphatic heterocycles. The van der Waals surface area contributed by atoms with Gasteiger partial charge >= 0.3 is 0 Å². The molecule has 4 aromatic heterocycles. The third kappa shape index (κ3) is 17.3. The van der Waals surface area contributed by atoms with E-state index in [1.807, 2.05) is 6.07 Å². The van der Waals surface area contributed by atoms with Gasteiger partial charge in [-0.25, -0.2) is 9.69 Å². The number of halogens is 2. The van der Waals surface area contributed by atoms with Crippen LogP contribution in [-0.4, -0.2) is 17.5 Å². The van der Waals surface area contributed by atoms with Gasteiger partial charge in [0.05, 0.1) is 68.8 Å². The lowest BCUT2D eigenvalue weighted by atomic mass is 9.96. The first-order valence-corrected chi connectivity index (χ1v) is 30.9. The van der Waals surface area contributed by atoms with Crippen molar-refractivity contribution in [3.8, 4) is 33.0 Å². The van der Waals surface area contributed by atoms with Gasteiger partial charge in [0.15, 0.2) is 0 Å². The van der Waals surface area contributed by atoms with Crippen LogP contribution in [0, 0.1) is 35.8 Å². The summed E-state index contributed by atoms with van der Waals surface area (Å²) in [6.45, 7) is 19.8. The molecule has 0 bridgehead atoms. The zero-order valence-corrected chi connectivity index (χ0v) is 47.9. The number of unbranched alkanes of at least 4 members (excludes halogenated alkanes) is 26. The summed E-state index contributed by atoms with van der Waals surface area (Å²) in [5.74, 6) is 0. The van der Waals surface area contributed by atoms with Crippen molar-refractivity contribution < 1.29 is 0 Å². The Kier molecular flexibility index (Phi) is 27.2. The molecule has 0 amide bonds. The quantitative estimate of drug-likeness (QED) is 0.0308. The summed E-state index contributed by atoms with van der Waals surface area (Å²) in [5.41, 5.74) is 8.37. The second kappa shape index (κ2) is 33.2. The Morgan fingerprint density at radius 3 is 1.19 bits per heavy atom. The van der Waals surface area contributed by atoms with Crippen LogP contribution < -0.4 is 0 Å². The van der Waals surface area contributed by atoms with E-state index in [-0.39, 0.29) is 11.3 Å². The van der Waals surface area contributed by atoms with Gasteiger partial charge in [-0.2, -0.15) is 28.0 Å². The van der Waals surface area contributed by atoms with Crippen molar-refractivity contribution in [1.82, 2.24) is 17.5 Å². The van der Waals surface area contributed by atoms with E-state index in [1.165, 1.54) is 203 Å². The Morgan fingerprint density at radius 1 is 0.457 bits per heavy atom. The number of benzene rings is 2. The van der Waals surface area contributed by atoms with E-state index in [0.717, 1.165) is 56.5 Å². The largest absolute Gasteiger partial charge is 0.236 e. The molecule has 0 atom stereocenters. The van der Waals surface area contributed by atoms with Gasteiger partial charge in [-0.1, -0.05) is 197 Å². The minimum Gasteiger partial charge on any atom is -0.236 e. The van der Waals surface area contributed by atoms with Crippen LogP contribution in [0.2, 0.25) is 0 Å². The van der Waals surface area contributed by atoms with E-state index >= 15 is 0 Å². The summed E-state index contributed by atoms with van der Waals surface area (Å²) in [6, 6.07) is 8.88. The Labute approximate surface area is 452 Å². The SMILES string of the molecule is [C-]#[N+]c1c(C#N)c(-c2cc(CCCCCCCCCCCCCCCC)cs2)c2nsnc2c1-c1cc(CCCCCCCCCCCCCCCC)cs1.[C-]#[N+]c1c(C#N)c(Br)c2nsnc2c1Br. The molecule has 70 heavy (non-hydrogen) atoms. The number of nitrogens with zero attached hydrogens (tertiary/aromatic N) is 8. The highest BCUT2D eigenvalue weighted by atomic mass is 79.9. The minimum absolute atomic E-state index is 0.268. The van der Waals surface area contributed by atoms with Gasteiger partial charge in [-0.3, -0.25) is 0 Å². The smallest absolute Gasteiger partial charge is 0.221 e. The fraction of sp³-hybridized carbons (Fsp3) is 0.571. The number of thiophene rings is 2. The molecule has 14 heteroatoms. The van der Waals surface area contributed by atoms with E-state index in [0.29, 0.717) is 31.2 Å². The third-order valence-corrected chi connectivity index (χ3v) is 17.7. The topological polar surface area (TPSA) is 108 Å². The van der Waals surface area contributed by atoms with E-state index < -0.39 is 0 Å². The van der Waals surface area contributed by atoms with Crippen LogP contribution in [-0.2, 0) is 12.8 Å². The molecular weight excluding hydrogens is 1070 g/mol. The zero-order chi connectivity index (χ0) is 49.8. The van der Waals surface area contributed by atoms with Crippen molar-refractivity contribution >= 4 is 111 Å². The molecule has 0 saturated heterocycles. The number of aryl methyl sites for hydroxylation is 2. The second-order valence-electron chi connectivity index (χ2n) is 18.5. The average molecular weight is 1140 g/mol. The van der Waals surface area contributed by atoms with Crippen molar-refractivity contribution in [1.29, 1.82) is 10.5 Å². The summed E-state index contributed by atoms with van der Waals surface area (Å²) < 4.78 is 18.6. The van der Waals surface area contributed by atoms with E-state index in [9.17, 15) is 5.26 Å². The maximum absolute atomic E-state index is 10.5. The fourth-order valence-corrected chi connectivity index (χ4v) is 13.6. The van der Waals surface area contributed by atoms with Crippen molar-refractivity contribution in [3.63, 3.8) is 0 Å². The summed E-state index contributed by atoms with van der Waals surface area (Å²) in [7, 11) is 0. The minimum atomic E-state index is 0.268. The van der Waals surface area contributed by atoms with Crippen LogP contribution >= 0.6 is 78.0 Å². The van der Waals surface area contributed by atoms with Crippen molar-refractivity contribution in [2.75, 3.05) is 0 Å². The van der Waals surface area contributed by atoms with Gasteiger partial charge in [0.25, 0.3) is 0 Å². The van der Waals surface area contributed by atoms with Crippen molar-refractivity contribution in [2.45, 2.75) is 206 Å². The van der Waals surface area contributed by atoms with Crippen LogP contribution in [0.25, 0.3) is 52.6 Å². The molecule has 4 heterocycles. The first-order chi connectivity index (χ1) is 34.4. The third-order valence-electron chi connectivity index (χ3n) is 13.1. The van der Waals surface area contributed by atoms with E-state index in [1.54, 1.807) is 22.7 Å². The maximum Gasteiger partial charge on any atom is 0.221 e. The average Bonchev–Trinajstić information content (AvgIpc) is 4.23. The van der Waals surface area contributed by atoms with Crippen LogP contribution in [0.5, 0.6) is 0 Å². The molecule has 0 aliphatic rings. The van der Waals surface area contributed by atoms with Gasteiger partial charge < -0.3 is 0 Å². The molecule has 0 fully saturated rings. The highest BCUT2D eigenvalue weighted by Gasteiger charge is 2.26. The Hall–Kier alpha value is -3.60. The molecule has 6 rings (SSSR count). The lowest BCUT2D eigenvalue weighted by molar-refractivity contribution is 0.535. The normalized spacial score (nSPS) is 11.1. The number of rotatable bonds is 32. The lowest BCUT2D eigenvalue weighted by Crippen LogP contribution is -1.91. The first kappa shape index (κ1) is 57.3. The number of aromatic nitrogens is 4. The Morgan fingerprint density at radius 2 is 0.800 bits per heavy atom. The second-order valence-corrected chi connectivity index (χ2v) is 23.0. The first-order valence-electron chi connectivity index (χ1n) is 26.1. The maximum atomic E-state index is 10.5. The molecule has 2 aromatic carbocycles. The van der Waals surface area contributed by atoms with Crippen LogP contribution in [0.15, 0.2) is 31.8 Å². The summed E-state index contributed by atoms with van der Waals surface area (Å²) >= 11 is 12.1. The molecule has 0 unspecified atom stereocenters. The molecule has 0 spiro atoms.